The molecule has 0 unspecified atom stereocenters. The molecule has 4 nitrogen and oxygen atoms in total. The van der Waals surface area contributed by atoms with Crippen LogP contribution in [-0.4, -0.2) is 29.8 Å². The van der Waals surface area contributed by atoms with Crippen molar-refractivity contribution in [1.29, 1.82) is 0 Å². The molecule has 0 saturated carbocycles. The van der Waals surface area contributed by atoms with E-state index in [0.29, 0.717) is 12.0 Å². The van der Waals surface area contributed by atoms with Gasteiger partial charge >= 0.3 is 5.97 Å². The Kier molecular flexibility index (Phi) is 3.71. The van der Waals surface area contributed by atoms with E-state index >= 15 is 0 Å². The van der Waals surface area contributed by atoms with E-state index in [0.717, 1.165) is 17.7 Å². The van der Waals surface area contributed by atoms with E-state index in [-0.39, 0.29) is 12.6 Å². The molecule has 1 heterocycles. The fourth-order valence-electron chi connectivity index (χ4n) is 1.46. The zero-order chi connectivity index (χ0) is 10.6. The second-order valence-electron chi connectivity index (χ2n) is 2.99. The van der Waals surface area contributed by atoms with E-state index in [4.69, 9.17) is 5.11 Å². The maximum Gasteiger partial charge on any atom is 0.339 e. The van der Waals surface area contributed by atoms with Crippen molar-refractivity contribution in [2.45, 2.75) is 19.8 Å². The lowest BCUT2D eigenvalue weighted by Crippen LogP contribution is -2.07. The number of aliphatic hydroxyl groups is 1. The number of H-pyrrole nitrogens is 1. The molecule has 0 fully saturated rings. The van der Waals surface area contributed by atoms with Crippen LogP contribution in [-0.2, 0) is 17.6 Å². The van der Waals surface area contributed by atoms with Crippen molar-refractivity contribution in [3.8, 4) is 0 Å². The molecule has 0 aliphatic heterocycles. The number of hydrogen-bond donors (Lipinski definition) is 2. The second-order valence-corrected chi connectivity index (χ2v) is 2.99. The summed E-state index contributed by atoms with van der Waals surface area (Å²) in [6.07, 6.45) is 3.01. The third-order valence-electron chi connectivity index (χ3n) is 2.18. The number of aliphatic hydroxyl groups excluding tert-OH is 1. The number of ether oxygens (including phenoxy) is 1. The van der Waals surface area contributed by atoms with E-state index in [9.17, 15) is 4.79 Å². The topological polar surface area (TPSA) is 62.3 Å². The summed E-state index contributed by atoms with van der Waals surface area (Å²) in [7, 11) is 1.36. The zero-order valence-corrected chi connectivity index (χ0v) is 8.46. The van der Waals surface area contributed by atoms with Crippen molar-refractivity contribution in [1.82, 2.24) is 4.98 Å². The van der Waals surface area contributed by atoms with Crippen LogP contribution in [0.1, 0.15) is 28.5 Å². The SMILES string of the molecule is CCc1c[nH]c(CCO)c1C(=O)OC. The van der Waals surface area contributed by atoms with E-state index in [1.807, 2.05) is 6.92 Å². The highest BCUT2D eigenvalue weighted by atomic mass is 16.5. The van der Waals surface area contributed by atoms with Gasteiger partial charge in [0, 0.05) is 24.9 Å². The summed E-state index contributed by atoms with van der Waals surface area (Å²) in [6.45, 7) is 1.99. The van der Waals surface area contributed by atoms with E-state index in [1.54, 1.807) is 6.20 Å². The minimum atomic E-state index is -0.341. The maximum absolute atomic E-state index is 11.4. The van der Waals surface area contributed by atoms with Gasteiger partial charge in [0.15, 0.2) is 0 Å². The Labute approximate surface area is 82.9 Å². The Bertz CT molecular complexity index is 317. The Morgan fingerprint density at radius 2 is 2.36 bits per heavy atom. The normalized spacial score (nSPS) is 10.2. The minimum absolute atomic E-state index is 0.0215. The van der Waals surface area contributed by atoms with Gasteiger partial charge < -0.3 is 14.8 Å². The average Bonchev–Trinajstić information content (AvgIpc) is 2.60. The summed E-state index contributed by atoms with van der Waals surface area (Å²) in [5.74, 6) is -0.341. The number of aryl methyl sites for hydroxylation is 1. The molecule has 0 aliphatic carbocycles. The first-order valence-electron chi connectivity index (χ1n) is 4.62. The highest BCUT2D eigenvalue weighted by molar-refractivity contribution is 5.92. The molecular weight excluding hydrogens is 182 g/mol. The first kappa shape index (κ1) is 10.8. The van der Waals surface area contributed by atoms with Gasteiger partial charge in [-0.3, -0.25) is 0 Å². The number of methoxy groups -OCH3 is 1. The molecule has 0 atom stereocenters. The minimum Gasteiger partial charge on any atom is -0.465 e. The highest BCUT2D eigenvalue weighted by Gasteiger charge is 2.17. The summed E-state index contributed by atoms with van der Waals surface area (Å²) in [5, 5.41) is 8.81. The number of carbonyl (C=O) groups excluding carboxylic acids is 1. The van der Waals surface area contributed by atoms with Crippen LogP contribution in [0.15, 0.2) is 6.20 Å². The fourth-order valence-corrected chi connectivity index (χ4v) is 1.46. The predicted molar refractivity (Wildman–Crippen MR) is 52.3 cm³/mol. The van der Waals surface area contributed by atoms with Crippen molar-refractivity contribution < 1.29 is 14.6 Å². The van der Waals surface area contributed by atoms with Gasteiger partial charge in [0.25, 0.3) is 0 Å². The Balaban J connectivity index is 3.05. The van der Waals surface area contributed by atoms with Crippen LogP contribution in [0.5, 0.6) is 0 Å². The van der Waals surface area contributed by atoms with Gasteiger partial charge in [-0.25, -0.2) is 4.79 Å². The predicted octanol–water partition coefficient (Wildman–Crippen LogP) is 0.898. The summed E-state index contributed by atoms with van der Waals surface area (Å²) in [6, 6.07) is 0. The number of aromatic amines is 1. The van der Waals surface area contributed by atoms with Crippen molar-refractivity contribution >= 4 is 5.97 Å². The fraction of sp³-hybridized carbons (Fsp3) is 0.500. The third-order valence-corrected chi connectivity index (χ3v) is 2.18. The smallest absolute Gasteiger partial charge is 0.339 e. The first-order valence-corrected chi connectivity index (χ1v) is 4.62. The molecule has 0 amide bonds. The van der Waals surface area contributed by atoms with Gasteiger partial charge in [-0.15, -0.1) is 0 Å². The largest absolute Gasteiger partial charge is 0.465 e. The maximum atomic E-state index is 11.4. The van der Waals surface area contributed by atoms with E-state index in [1.165, 1.54) is 7.11 Å². The van der Waals surface area contributed by atoms with Crippen LogP contribution in [0.3, 0.4) is 0 Å². The van der Waals surface area contributed by atoms with Crippen molar-refractivity contribution in [3.63, 3.8) is 0 Å². The number of hydrogen-bond acceptors (Lipinski definition) is 3. The Morgan fingerprint density at radius 1 is 1.64 bits per heavy atom. The lowest BCUT2D eigenvalue weighted by molar-refractivity contribution is 0.0598. The van der Waals surface area contributed by atoms with E-state index < -0.39 is 0 Å². The number of carbonyl (C=O) groups is 1. The van der Waals surface area contributed by atoms with Gasteiger partial charge in [0.1, 0.15) is 0 Å². The van der Waals surface area contributed by atoms with Crippen LogP contribution in [0, 0.1) is 0 Å². The lowest BCUT2D eigenvalue weighted by atomic mass is 10.1. The monoisotopic (exact) mass is 197 g/mol. The first-order chi connectivity index (χ1) is 6.74. The van der Waals surface area contributed by atoms with E-state index in [2.05, 4.69) is 9.72 Å². The van der Waals surface area contributed by atoms with Gasteiger partial charge in [0.2, 0.25) is 0 Å². The molecule has 0 bridgehead atoms. The number of rotatable bonds is 4. The Hall–Kier alpha value is -1.29. The summed E-state index contributed by atoms with van der Waals surface area (Å²) < 4.78 is 4.68. The molecule has 1 aromatic heterocycles. The highest BCUT2D eigenvalue weighted by Crippen LogP contribution is 2.16. The lowest BCUT2D eigenvalue weighted by Gasteiger charge is -2.02. The summed E-state index contributed by atoms with van der Waals surface area (Å²) in [4.78, 5) is 14.4. The van der Waals surface area contributed by atoms with Gasteiger partial charge in [-0.1, -0.05) is 6.92 Å². The number of aromatic nitrogens is 1. The number of nitrogens with one attached hydrogen (secondary N) is 1. The quantitative estimate of drug-likeness (QED) is 0.705. The molecule has 1 rings (SSSR count). The van der Waals surface area contributed by atoms with Crippen LogP contribution in [0.4, 0.5) is 0 Å². The molecule has 4 heteroatoms. The van der Waals surface area contributed by atoms with Crippen LogP contribution in [0.25, 0.3) is 0 Å². The van der Waals surface area contributed by atoms with Crippen LogP contribution in [0.2, 0.25) is 0 Å². The molecule has 1 aromatic rings. The van der Waals surface area contributed by atoms with Crippen LogP contribution < -0.4 is 0 Å². The molecule has 0 aliphatic rings. The zero-order valence-electron chi connectivity index (χ0n) is 8.46. The summed E-state index contributed by atoms with van der Waals surface area (Å²) in [5.41, 5.74) is 2.25. The molecule has 0 saturated heterocycles. The van der Waals surface area contributed by atoms with Crippen LogP contribution >= 0.6 is 0 Å². The summed E-state index contributed by atoms with van der Waals surface area (Å²) >= 11 is 0. The molecular formula is C10H15NO3. The molecule has 0 aromatic carbocycles. The molecule has 2 N–H and O–H groups in total. The molecule has 78 valence electrons. The standard InChI is InChI=1S/C10H15NO3/c1-3-7-6-11-8(4-5-12)9(7)10(13)14-2/h6,11-12H,3-5H2,1-2H3. The third kappa shape index (κ3) is 1.96. The Morgan fingerprint density at radius 3 is 2.86 bits per heavy atom. The number of esters is 1. The van der Waals surface area contributed by atoms with Crippen molar-refractivity contribution in [2.24, 2.45) is 0 Å². The average molecular weight is 197 g/mol. The molecule has 0 radical (unpaired) electrons. The molecule has 0 spiro atoms. The van der Waals surface area contributed by atoms with Crippen molar-refractivity contribution in [3.05, 3.63) is 23.0 Å². The van der Waals surface area contributed by atoms with Gasteiger partial charge in [0.05, 0.1) is 12.7 Å². The second kappa shape index (κ2) is 4.81. The van der Waals surface area contributed by atoms with Gasteiger partial charge in [-0.05, 0) is 12.0 Å². The molecule has 14 heavy (non-hydrogen) atoms. The van der Waals surface area contributed by atoms with Gasteiger partial charge in [-0.2, -0.15) is 0 Å². The van der Waals surface area contributed by atoms with Crippen molar-refractivity contribution in [2.75, 3.05) is 13.7 Å².